The lowest BCUT2D eigenvalue weighted by Gasteiger charge is -2.43. The molecule has 3 aromatic carbocycles. The van der Waals surface area contributed by atoms with Crippen molar-refractivity contribution in [1.82, 2.24) is 14.7 Å². The van der Waals surface area contributed by atoms with Crippen molar-refractivity contribution < 1.29 is 33.7 Å². The van der Waals surface area contributed by atoms with E-state index in [0.717, 1.165) is 67.3 Å². The number of H-pyrrole nitrogens is 1. The number of aromatic amines is 1. The number of hydroxylamine groups is 3. The van der Waals surface area contributed by atoms with Crippen molar-refractivity contribution in [2.24, 2.45) is 11.3 Å². The van der Waals surface area contributed by atoms with Gasteiger partial charge in [0.15, 0.2) is 0 Å². The van der Waals surface area contributed by atoms with Crippen molar-refractivity contribution in [3.63, 3.8) is 0 Å². The average Bonchev–Trinajstić information content (AvgIpc) is 3.75. The number of anilines is 2. The lowest BCUT2D eigenvalue weighted by Crippen LogP contribution is -2.60. The molecule has 4 heterocycles. The lowest BCUT2D eigenvalue weighted by molar-refractivity contribution is -1.15. The van der Waals surface area contributed by atoms with Gasteiger partial charge < -0.3 is 24.7 Å². The third-order valence-corrected chi connectivity index (χ3v) is 13.2. The molecule has 0 saturated carbocycles. The largest absolute Gasteiger partial charge is 0.455 e. The Hall–Kier alpha value is -5.45. The van der Waals surface area contributed by atoms with E-state index in [1.54, 1.807) is 31.5 Å². The zero-order valence-corrected chi connectivity index (χ0v) is 36.7. The van der Waals surface area contributed by atoms with Crippen LogP contribution in [0.4, 0.5) is 17.1 Å². The summed E-state index contributed by atoms with van der Waals surface area (Å²) < 4.78 is 15.2. The maximum Gasteiger partial charge on any atom is 0.293 e. The molecule has 2 aliphatic heterocycles. The number of carbonyl (C=O) groups is 1. The summed E-state index contributed by atoms with van der Waals surface area (Å²) in [6.07, 6.45) is 8.41. The van der Waals surface area contributed by atoms with Crippen molar-refractivity contribution in [2.45, 2.75) is 57.8 Å². The number of nitrogens with one attached hydrogen (secondary N) is 3. The first kappa shape index (κ1) is 43.2. The van der Waals surface area contributed by atoms with Crippen LogP contribution in [-0.2, 0) is 14.6 Å². The number of hydrogen-bond acceptors (Lipinski definition) is 11. The second-order valence-corrected chi connectivity index (χ2v) is 18.3. The first-order chi connectivity index (χ1) is 30.0. The number of rotatable bonds is 15. The zero-order chi connectivity index (χ0) is 43.3. The van der Waals surface area contributed by atoms with E-state index in [-0.39, 0.29) is 11.1 Å². The summed E-state index contributed by atoms with van der Waals surface area (Å²) in [5.74, 6) is 0.815. The fraction of sp³-hybridized carbons (Fsp3) is 0.404. The van der Waals surface area contributed by atoms with Crippen LogP contribution < -0.4 is 19.7 Å². The summed E-state index contributed by atoms with van der Waals surface area (Å²) >= 11 is 1.02. The predicted molar refractivity (Wildman–Crippen MR) is 242 cm³/mol. The molecule has 0 atom stereocenters. The summed E-state index contributed by atoms with van der Waals surface area (Å²) in [6, 6.07) is 23.2. The van der Waals surface area contributed by atoms with Crippen molar-refractivity contribution in [3.8, 4) is 11.5 Å². The van der Waals surface area contributed by atoms with Crippen LogP contribution in [0, 0.1) is 28.4 Å². The van der Waals surface area contributed by atoms with Gasteiger partial charge in [0.25, 0.3) is 11.6 Å². The first-order valence-electron chi connectivity index (χ1n) is 21.4. The predicted octanol–water partition coefficient (Wildman–Crippen LogP) is 9.64. The van der Waals surface area contributed by atoms with Gasteiger partial charge in [0.2, 0.25) is 0 Å². The number of hydrogen-bond donors (Lipinski definition) is 3. The van der Waals surface area contributed by atoms with Crippen LogP contribution in [0.25, 0.3) is 16.6 Å². The SMILES string of the molecule is COO[N+]1(CC2=C(c3ccc(C)cc3)CC(C)(C)CC2)CCN(c2ccc(C(=O)NSc3ccc(NCC4CCOCC4)c([N+](=O)[O-])c3)c(Oc3cnc4[nH]ccc4c3)c2)CC1. The number of ether oxygens (including phenoxy) is 2. The quantitative estimate of drug-likeness (QED) is 0.0303. The zero-order valence-electron chi connectivity index (χ0n) is 35.9. The summed E-state index contributed by atoms with van der Waals surface area (Å²) in [7, 11) is 1.58. The van der Waals surface area contributed by atoms with E-state index in [1.165, 1.54) is 28.3 Å². The Bertz CT molecular complexity index is 2420. The number of carbonyl (C=O) groups excluding carboxylic acids is 1. The van der Waals surface area contributed by atoms with Gasteiger partial charge in [-0.1, -0.05) is 43.7 Å². The number of pyridine rings is 1. The van der Waals surface area contributed by atoms with Gasteiger partial charge in [-0.15, -0.1) is 4.65 Å². The molecule has 3 N–H and O–H groups in total. The molecule has 2 fully saturated rings. The molecule has 2 aromatic heterocycles. The Morgan fingerprint density at radius 2 is 1.85 bits per heavy atom. The number of piperazine rings is 1. The minimum Gasteiger partial charge on any atom is -0.455 e. The molecule has 0 unspecified atom stereocenters. The Balaban J connectivity index is 1.00. The molecule has 1 aliphatic carbocycles. The Morgan fingerprint density at radius 1 is 1.06 bits per heavy atom. The van der Waals surface area contributed by atoms with E-state index in [9.17, 15) is 14.9 Å². The standard InChI is InChI=1S/C47H55N7O7S/c1-32-5-7-34(8-6-32)41-28-47(2,3)17-13-36(41)31-54(61-58-4)21-19-52(20-22-54)37-9-11-40(44(26-37)60-38-25-35-14-18-48-45(35)50-30-38)46(55)51-62-39-10-12-42(43(27-39)53(56)57)49-29-33-15-23-59-24-16-33/h5-12,14,18,25-27,30,33,49H,13,15-17,19-24,28-29,31H2,1-4H3,(H-,48,50,51,55)/p+1. The smallest absolute Gasteiger partial charge is 0.293 e. The van der Waals surface area contributed by atoms with E-state index in [2.05, 4.69) is 69.9 Å². The second kappa shape index (κ2) is 18.9. The highest BCUT2D eigenvalue weighted by Gasteiger charge is 2.40. The number of aromatic nitrogens is 2. The molecule has 1 amide bonds. The third-order valence-electron chi connectivity index (χ3n) is 12.4. The van der Waals surface area contributed by atoms with Crippen LogP contribution in [0.5, 0.6) is 11.5 Å². The Kier molecular flexibility index (Phi) is 13.2. The fourth-order valence-electron chi connectivity index (χ4n) is 8.74. The average molecular weight is 863 g/mol. The van der Waals surface area contributed by atoms with Crippen LogP contribution in [0.3, 0.4) is 0 Å². The number of amides is 1. The number of nitro groups is 1. The molecule has 0 spiro atoms. The summed E-state index contributed by atoms with van der Waals surface area (Å²) in [5.41, 5.74) is 7.90. The molecule has 5 aromatic rings. The number of fused-ring (bicyclic) bond motifs is 1. The number of aryl methyl sites for hydroxylation is 1. The van der Waals surface area contributed by atoms with Gasteiger partial charge >= 0.3 is 0 Å². The molecule has 326 valence electrons. The van der Waals surface area contributed by atoms with Crippen molar-refractivity contribution >= 4 is 51.5 Å². The van der Waals surface area contributed by atoms with Gasteiger partial charge in [-0.2, -0.15) is 4.89 Å². The van der Waals surface area contributed by atoms with Gasteiger partial charge in [-0.3, -0.25) is 19.6 Å². The first-order valence-corrected chi connectivity index (χ1v) is 22.2. The number of quaternary nitrogens is 1. The van der Waals surface area contributed by atoms with Gasteiger partial charge in [0, 0.05) is 54.1 Å². The van der Waals surface area contributed by atoms with Crippen LogP contribution in [0.15, 0.2) is 95.7 Å². The summed E-state index contributed by atoms with van der Waals surface area (Å²) in [5, 5.41) is 16.2. The number of allylic oxidation sites excluding steroid dienone is 1. The highest BCUT2D eigenvalue weighted by Crippen LogP contribution is 2.44. The monoisotopic (exact) mass is 862 g/mol. The minimum atomic E-state index is -0.409. The number of nitro benzene ring substituents is 1. The number of nitrogens with zero attached hydrogens (tertiary/aromatic N) is 4. The van der Waals surface area contributed by atoms with E-state index in [0.29, 0.717) is 84.1 Å². The molecule has 8 rings (SSSR count). The van der Waals surface area contributed by atoms with Crippen molar-refractivity contribution in [3.05, 3.63) is 118 Å². The van der Waals surface area contributed by atoms with Gasteiger partial charge in [0.1, 0.15) is 42.5 Å². The van der Waals surface area contributed by atoms with E-state index < -0.39 is 10.8 Å². The Labute approximate surface area is 366 Å². The maximum atomic E-state index is 13.9. The second-order valence-electron chi connectivity index (χ2n) is 17.5. The third kappa shape index (κ3) is 10.2. The maximum absolute atomic E-state index is 13.9. The molecule has 15 heteroatoms. The van der Waals surface area contributed by atoms with Gasteiger partial charge in [0.05, 0.1) is 36.9 Å². The molecular weight excluding hydrogens is 807 g/mol. The van der Waals surface area contributed by atoms with E-state index in [1.807, 2.05) is 30.5 Å². The van der Waals surface area contributed by atoms with Crippen LogP contribution >= 0.6 is 11.9 Å². The number of benzene rings is 3. The van der Waals surface area contributed by atoms with Crippen molar-refractivity contribution in [1.29, 1.82) is 0 Å². The topological polar surface area (TPSA) is 153 Å². The molecule has 0 bridgehead atoms. The summed E-state index contributed by atoms with van der Waals surface area (Å²) in [6.45, 7) is 12.3. The molecule has 62 heavy (non-hydrogen) atoms. The molecule has 0 radical (unpaired) electrons. The summed E-state index contributed by atoms with van der Waals surface area (Å²) in [4.78, 5) is 47.6. The van der Waals surface area contributed by atoms with Gasteiger partial charge in [-0.25, -0.2) is 4.98 Å². The molecule has 14 nitrogen and oxygen atoms in total. The Morgan fingerprint density at radius 3 is 2.61 bits per heavy atom. The van der Waals surface area contributed by atoms with Gasteiger partial charge in [-0.05, 0) is 120 Å². The normalized spacial score (nSPS) is 17.8. The molecular formula is C47H56N7O7S+. The van der Waals surface area contributed by atoms with Crippen molar-refractivity contribution in [2.75, 3.05) is 69.8 Å². The fourth-order valence-corrected chi connectivity index (χ4v) is 9.37. The van der Waals surface area contributed by atoms with E-state index in [4.69, 9.17) is 19.3 Å². The highest BCUT2D eigenvalue weighted by atomic mass is 32.2. The van der Waals surface area contributed by atoms with Crippen LogP contribution in [0.1, 0.15) is 67.4 Å². The highest BCUT2D eigenvalue weighted by molar-refractivity contribution is 7.98. The minimum absolute atomic E-state index is 0.0523. The lowest BCUT2D eigenvalue weighted by atomic mass is 9.72. The molecule has 2 saturated heterocycles. The molecule has 3 aliphatic rings. The van der Waals surface area contributed by atoms with E-state index >= 15 is 0 Å². The van der Waals surface area contributed by atoms with Crippen LogP contribution in [-0.4, -0.2) is 85.0 Å². The van der Waals surface area contributed by atoms with Crippen LogP contribution in [0.2, 0.25) is 0 Å².